The van der Waals surface area contributed by atoms with Crippen molar-refractivity contribution in [2.45, 2.75) is 166 Å². The monoisotopic (exact) mass is 1330 g/mol. The maximum Gasteiger partial charge on any atom is 0.193 e. The van der Waals surface area contributed by atoms with E-state index in [2.05, 4.69) is 230 Å². The lowest BCUT2D eigenvalue weighted by atomic mass is 9.69. The van der Waals surface area contributed by atoms with E-state index in [1.807, 2.05) is 0 Å². The van der Waals surface area contributed by atoms with Crippen LogP contribution in [0.3, 0.4) is 0 Å². The highest BCUT2D eigenvalue weighted by molar-refractivity contribution is 6.11. The number of hydrogen-bond donors (Lipinski definition) is 0. The van der Waals surface area contributed by atoms with Crippen LogP contribution in [-0.2, 0) is 10.8 Å². The first-order chi connectivity index (χ1) is 48.0. The number of carbonyl (C=O) groups excluding carboxylic acids is 1. The van der Waals surface area contributed by atoms with Gasteiger partial charge in [0.05, 0.1) is 63.7 Å². The van der Waals surface area contributed by atoms with Crippen LogP contribution in [-0.4, -0.2) is 58.6 Å². The fourth-order valence-electron chi connectivity index (χ4n) is 15.3. The van der Waals surface area contributed by atoms with Crippen molar-refractivity contribution in [3.8, 4) is 90.5 Å². The van der Waals surface area contributed by atoms with Crippen LogP contribution in [0.4, 0.5) is 0 Å². The van der Waals surface area contributed by atoms with Gasteiger partial charge in [0.25, 0.3) is 0 Å². The highest BCUT2D eigenvalue weighted by atomic mass is 16.5. The summed E-state index contributed by atoms with van der Waals surface area (Å²) in [5.41, 5.74) is 16.6. The molecule has 0 saturated heterocycles. The van der Waals surface area contributed by atoms with Gasteiger partial charge >= 0.3 is 0 Å². The SMILES string of the molecule is CCC(C)COc1cc2c(cc1OCC(C)CC)C13c4ccccc4-c4ccc(cc41)C(=O)c1ccc4c(c1)C1(c5ccccc5-4)c4cc(OCC(C)CC)c(OCC(C)CC)cc4-c4cc(OCC(C)CC)c(cc41)OCC(C)CCCC(C)COc1cc3c-2cc1OCC(C)CC. The quantitative estimate of drug-likeness (QED) is 0.0587. The van der Waals surface area contributed by atoms with Gasteiger partial charge in [0.2, 0.25) is 0 Å². The van der Waals surface area contributed by atoms with E-state index in [1.54, 1.807) is 0 Å². The van der Waals surface area contributed by atoms with E-state index >= 15 is 4.79 Å². The molecule has 9 nitrogen and oxygen atoms in total. The first-order valence-electron chi connectivity index (χ1n) is 37.8. The molecule has 4 aliphatic carbocycles. The minimum atomic E-state index is -0.914. The predicted molar refractivity (Wildman–Crippen MR) is 402 cm³/mol. The van der Waals surface area contributed by atoms with Crippen LogP contribution in [0.25, 0.3) is 44.5 Å². The molecule has 520 valence electrons. The third kappa shape index (κ3) is 12.7. The molecule has 13 rings (SSSR count). The van der Waals surface area contributed by atoms with Crippen molar-refractivity contribution < 1.29 is 42.7 Å². The number of hydrogen-bond acceptors (Lipinski definition) is 9. The minimum absolute atomic E-state index is 0.0690. The van der Waals surface area contributed by atoms with E-state index in [1.165, 1.54) is 0 Å². The van der Waals surface area contributed by atoms with Crippen LogP contribution in [0.1, 0.15) is 215 Å². The van der Waals surface area contributed by atoms with Gasteiger partial charge in [-0.15, -0.1) is 0 Å². The maximum atomic E-state index is 16.5. The Labute approximate surface area is 590 Å². The predicted octanol–water partition coefficient (Wildman–Crippen LogP) is 22.4. The molecule has 0 fully saturated rings. The van der Waals surface area contributed by atoms with Crippen LogP contribution in [0.5, 0.6) is 46.0 Å². The Morgan fingerprint density at radius 3 is 0.970 bits per heavy atom. The average Bonchev–Trinajstić information content (AvgIpc) is 1.51. The normalized spacial score (nSPS) is 20.1. The van der Waals surface area contributed by atoms with Gasteiger partial charge in [-0.2, -0.15) is 0 Å². The van der Waals surface area contributed by atoms with Crippen molar-refractivity contribution in [2.75, 3.05) is 52.9 Å². The van der Waals surface area contributed by atoms with Crippen LogP contribution < -0.4 is 37.9 Å². The highest BCUT2D eigenvalue weighted by Crippen LogP contribution is 2.68. The molecule has 1 heterocycles. The topological polar surface area (TPSA) is 90.9 Å². The first kappa shape index (κ1) is 69.3. The van der Waals surface area contributed by atoms with Crippen LogP contribution in [0.15, 0.2) is 133 Å². The Kier molecular flexibility index (Phi) is 20.4. The molecule has 10 unspecified atom stereocenters. The summed E-state index contributed by atoms with van der Waals surface area (Å²) in [6.07, 6.45) is 8.85. The number of carbonyl (C=O) groups is 1. The van der Waals surface area contributed by atoms with E-state index in [-0.39, 0.29) is 17.6 Å². The van der Waals surface area contributed by atoms with Crippen molar-refractivity contribution in [2.24, 2.45) is 47.3 Å². The second-order valence-corrected chi connectivity index (χ2v) is 30.5. The fourth-order valence-corrected chi connectivity index (χ4v) is 15.3. The van der Waals surface area contributed by atoms with Gasteiger partial charge in [-0.1, -0.05) is 215 Å². The molecule has 1 aliphatic heterocycles. The van der Waals surface area contributed by atoms with E-state index in [0.717, 1.165) is 181 Å². The second-order valence-electron chi connectivity index (χ2n) is 30.5. The molecule has 2 spiro atoms. The van der Waals surface area contributed by atoms with E-state index in [0.29, 0.717) is 111 Å². The Hall–Kier alpha value is -8.17. The Morgan fingerprint density at radius 2 is 0.626 bits per heavy atom. The van der Waals surface area contributed by atoms with E-state index in [4.69, 9.17) is 37.9 Å². The minimum Gasteiger partial charge on any atom is -0.489 e. The molecular weight excluding hydrogens is 1220 g/mol. The molecule has 0 saturated carbocycles. The molecule has 0 N–H and O–H groups in total. The Bertz CT molecular complexity index is 4010. The van der Waals surface area contributed by atoms with Gasteiger partial charge in [-0.05, 0) is 210 Å². The second kappa shape index (κ2) is 29.2. The third-order valence-electron chi connectivity index (χ3n) is 22.9. The summed E-state index contributed by atoms with van der Waals surface area (Å²) in [4.78, 5) is 16.5. The molecule has 8 bridgehead atoms. The van der Waals surface area contributed by atoms with Gasteiger partial charge in [-0.3, -0.25) is 4.79 Å². The van der Waals surface area contributed by atoms with Crippen molar-refractivity contribution in [1.82, 2.24) is 0 Å². The van der Waals surface area contributed by atoms with Crippen molar-refractivity contribution in [1.29, 1.82) is 0 Å². The molecule has 9 heteroatoms. The number of fused-ring (bicyclic) bond motifs is 12. The fraction of sp³-hybridized carbons (Fsp3) is 0.456. The zero-order chi connectivity index (χ0) is 69.4. The van der Waals surface area contributed by atoms with E-state index in [9.17, 15) is 0 Å². The maximum absolute atomic E-state index is 16.5. The molecule has 0 radical (unpaired) electrons. The lowest BCUT2D eigenvalue weighted by Gasteiger charge is -2.32. The summed E-state index contributed by atoms with van der Waals surface area (Å²) in [7, 11) is 0. The molecular formula is C90H106O9. The Morgan fingerprint density at radius 1 is 0.343 bits per heavy atom. The van der Waals surface area contributed by atoms with Gasteiger partial charge < -0.3 is 37.9 Å². The number of ketones is 1. The molecule has 8 aromatic rings. The van der Waals surface area contributed by atoms with Gasteiger partial charge in [0.1, 0.15) is 0 Å². The van der Waals surface area contributed by atoms with Crippen molar-refractivity contribution in [3.05, 3.63) is 189 Å². The van der Waals surface area contributed by atoms with Crippen LogP contribution in [0, 0.1) is 47.3 Å². The van der Waals surface area contributed by atoms with Gasteiger partial charge in [-0.25, -0.2) is 0 Å². The molecule has 99 heavy (non-hydrogen) atoms. The molecule has 0 amide bonds. The van der Waals surface area contributed by atoms with Crippen molar-refractivity contribution in [3.63, 3.8) is 0 Å². The zero-order valence-electron chi connectivity index (χ0n) is 61.5. The van der Waals surface area contributed by atoms with Crippen molar-refractivity contribution >= 4 is 5.78 Å². The summed E-state index contributed by atoms with van der Waals surface area (Å²) in [6.45, 7) is 35.7. The summed E-state index contributed by atoms with van der Waals surface area (Å²) >= 11 is 0. The highest BCUT2D eigenvalue weighted by Gasteiger charge is 2.55. The number of ether oxygens (including phenoxy) is 8. The summed E-state index contributed by atoms with van der Waals surface area (Å²) in [5.74, 6) is 8.12. The summed E-state index contributed by atoms with van der Waals surface area (Å²) in [6, 6.07) is 48.7. The lowest BCUT2D eigenvalue weighted by Crippen LogP contribution is -2.27. The number of benzene rings is 8. The van der Waals surface area contributed by atoms with Gasteiger partial charge in [0.15, 0.2) is 51.8 Å². The largest absolute Gasteiger partial charge is 0.489 e. The van der Waals surface area contributed by atoms with Crippen LogP contribution in [0.2, 0.25) is 0 Å². The molecule has 10 atom stereocenters. The molecule has 8 aromatic carbocycles. The average molecular weight is 1330 g/mol. The lowest BCUT2D eigenvalue weighted by molar-refractivity contribution is 0.103. The summed E-state index contributed by atoms with van der Waals surface area (Å²) in [5, 5.41) is 0. The smallest absolute Gasteiger partial charge is 0.193 e. The Balaban J connectivity index is 1.06. The standard InChI is InChI=1S/C90H106O9/c1-15-54(7)46-92-80-38-68-70-40-82(94-48-56(9)17-3)86-44-78(70)89(76(68)42-84(80)96-50-58(11)19-5)72-30-23-21-28-64(72)66-34-32-62(36-74(66)89)88(91)63-33-35-67-65-29-22-24-31-73(65)90(75(67)37-63)77-43-85(97-51-59(12)20-6)81(93-47-55(8)16-2)39-69(77)71-41-83(95-49-57(10)18-4)87(45-79(71)90)99-53-61(14)27-25-26-60(13)52-98-86/h21-24,28-45,54-61H,15-20,25-27,46-53H2,1-14H3. The first-order valence-corrected chi connectivity index (χ1v) is 37.8. The van der Waals surface area contributed by atoms with E-state index < -0.39 is 10.8 Å². The molecule has 0 aromatic heterocycles. The number of rotatable bonds is 24. The third-order valence-corrected chi connectivity index (χ3v) is 22.9. The summed E-state index contributed by atoms with van der Waals surface area (Å²) < 4.78 is 56.2. The van der Waals surface area contributed by atoms with Gasteiger partial charge in [0, 0.05) is 11.1 Å². The van der Waals surface area contributed by atoms with Crippen LogP contribution >= 0.6 is 0 Å². The molecule has 5 aliphatic rings. The zero-order valence-corrected chi connectivity index (χ0v) is 61.5.